The van der Waals surface area contributed by atoms with Gasteiger partial charge < -0.3 is 0 Å². The van der Waals surface area contributed by atoms with E-state index in [1.807, 2.05) is 119 Å². The Hall–Kier alpha value is -6.58. The van der Waals surface area contributed by atoms with E-state index in [9.17, 15) is 0 Å². The summed E-state index contributed by atoms with van der Waals surface area (Å²) in [7, 11) is 0.737. The van der Waals surface area contributed by atoms with Crippen LogP contribution < -0.4 is 10.9 Å². The summed E-state index contributed by atoms with van der Waals surface area (Å²) in [4.78, 5) is 24.9. The van der Waals surface area contributed by atoms with Gasteiger partial charge in [-0.15, -0.1) is 0 Å². The molecule has 2 aromatic carbocycles. The third kappa shape index (κ3) is 9.74. The van der Waals surface area contributed by atoms with Crippen molar-refractivity contribution >= 4 is 79.5 Å². The molecular formula is C50H49B3N6OS. The van der Waals surface area contributed by atoms with E-state index in [2.05, 4.69) is 82.3 Å². The van der Waals surface area contributed by atoms with Crippen LogP contribution in [0.25, 0.3) is 64.2 Å². The minimum atomic E-state index is 0.499. The van der Waals surface area contributed by atoms with Crippen molar-refractivity contribution in [1.82, 2.24) is 29.5 Å². The van der Waals surface area contributed by atoms with Crippen molar-refractivity contribution < 1.29 is 4.42 Å². The van der Waals surface area contributed by atoms with E-state index >= 15 is 0 Å². The summed E-state index contributed by atoms with van der Waals surface area (Å²) >= 11 is 1.65. The molecule has 0 fully saturated rings. The predicted molar refractivity (Wildman–Crippen MR) is 266 cm³/mol. The molecule has 0 aliphatic heterocycles. The molecule has 0 aliphatic rings. The van der Waals surface area contributed by atoms with Crippen molar-refractivity contribution in [2.24, 2.45) is 0 Å². The normalized spacial score (nSPS) is 13.2. The van der Waals surface area contributed by atoms with Crippen LogP contribution in [0.4, 0.5) is 0 Å². The fourth-order valence-electron chi connectivity index (χ4n) is 6.99. The monoisotopic (exact) mass is 814 g/mol. The van der Waals surface area contributed by atoms with E-state index in [1.54, 1.807) is 23.5 Å². The molecule has 7 nitrogen and oxygen atoms in total. The Morgan fingerprint density at radius 3 is 2.05 bits per heavy atom. The molecule has 0 saturated heterocycles. The van der Waals surface area contributed by atoms with Gasteiger partial charge in [0.05, 0.1) is 0 Å². The maximum atomic E-state index is 6.31. The number of benzene rings is 2. The second-order valence-electron chi connectivity index (χ2n) is 14.0. The van der Waals surface area contributed by atoms with Crippen molar-refractivity contribution in [3.05, 3.63) is 177 Å². The molecule has 0 atom stereocenters. The molecule has 11 heteroatoms. The van der Waals surface area contributed by atoms with Gasteiger partial charge in [-0.05, 0) is 0 Å². The van der Waals surface area contributed by atoms with Crippen LogP contribution in [0.1, 0.15) is 59.9 Å². The van der Waals surface area contributed by atoms with Gasteiger partial charge in [0.25, 0.3) is 0 Å². The van der Waals surface area contributed by atoms with Gasteiger partial charge in [0.1, 0.15) is 0 Å². The molecule has 0 radical (unpaired) electrons. The summed E-state index contributed by atoms with van der Waals surface area (Å²) < 4.78 is 9.46. The van der Waals surface area contributed by atoms with Crippen molar-refractivity contribution in [2.75, 3.05) is 0 Å². The van der Waals surface area contributed by atoms with Gasteiger partial charge in [0.15, 0.2) is 0 Å². The van der Waals surface area contributed by atoms with Crippen molar-refractivity contribution in [3.63, 3.8) is 0 Å². The number of aromatic nitrogens is 6. The number of nitrogens with zero attached hydrogens (tertiary/aromatic N) is 6. The minimum absolute atomic E-state index is 0.499. The molecule has 6 aromatic rings. The average molecular weight is 814 g/mol. The van der Waals surface area contributed by atoms with Crippen molar-refractivity contribution in [1.29, 1.82) is 0 Å². The summed E-state index contributed by atoms with van der Waals surface area (Å²) in [5.41, 5.74) is 10.6. The Morgan fingerprint density at radius 1 is 0.852 bits per heavy atom. The van der Waals surface area contributed by atoms with Crippen LogP contribution in [0.2, 0.25) is 20.5 Å². The molecule has 0 spiro atoms. The molecule has 0 bridgehead atoms. The predicted octanol–water partition coefficient (Wildman–Crippen LogP) is 10.1. The van der Waals surface area contributed by atoms with E-state index in [0.717, 1.165) is 77.9 Å². The van der Waals surface area contributed by atoms with Crippen LogP contribution in [-0.4, -0.2) is 56.6 Å². The van der Waals surface area contributed by atoms with Gasteiger partial charge in [-0.25, -0.2) is 0 Å². The fourth-order valence-corrected chi connectivity index (χ4v) is 7.97. The SMILES string of the molecule is C=C/C=C\c1c(/C=C(C=C)/C(C)=C/C(=C\C)c2nc(=C/C(=C\C)c3nc(-c4ccccc4)nc(-c4ccccc4)n3)/c(=B\C)s2)c(BC)n(-c2nc(C=C)c(/C=B\C)o2)c1C. The average Bonchev–Trinajstić information content (AvgIpc) is 3.98. The zero-order chi connectivity index (χ0) is 43.5. The molecule has 6 rings (SSSR count). The van der Waals surface area contributed by atoms with Gasteiger partial charge in [-0.3, -0.25) is 0 Å². The van der Waals surface area contributed by atoms with Gasteiger partial charge in [0, 0.05) is 0 Å². The number of oxazole rings is 1. The van der Waals surface area contributed by atoms with Crippen LogP contribution in [0, 0.1) is 11.3 Å². The van der Waals surface area contributed by atoms with E-state index in [1.165, 1.54) is 0 Å². The Labute approximate surface area is 365 Å². The van der Waals surface area contributed by atoms with Crippen molar-refractivity contribution in [2.45, 2.75) is 48.2 Å². The zero-order valence-electron chi connectivity index (χ0n) is 36.1. The molecular weight excluding hydrogens is 765 g/mol. The molecule has 0 N–H and O–H groups in total. The van der Waals surface area contributed by atoms with Gasteiger partial charge in [0.2, 0.25) is 0 Å². The first kappa shape index (κ1) is 44.0. The third-order valence-corrected chi connectivity index (χ3v) is 11.3. The first-order chi connectivity index (χ1) is 29.7. The van der Waals surface area contributed by atoms with Crippen LogP contribution in [0.15, 0.2) is 132 Å². The van der Waals surface area contributed by atoms with Crippen LogP contribution in [0.5, 0.6) is 0 Å². The van der Waals surface area contributed by atoms with E-state index in [4.69, 9.17) is 29.3 Å². The van der Waals surface area contributed by atoms with Gasteiger partial charge in [-0.2, -0.15) is 0 Å². The summed E-state index contributed by atoms with van der Waals surface area (Å²) in [5, 5.41) is 1.74. The van der Waals surface area contributed by atoms with E-state index < -0.39 is 0 Å². The summed E-state index contributed by atoms with van der Waals surface area (Å²) in [6.07, 6.45) is 20.0. The number of allylic oxidation sites excluding steroid dienone is 10. The third-order valence-electron chi connectivity index (χ3n) is 10.1. The fraction of sp³-hybridized carbons (Fsp3) is 0.140. The maximum absolute atomic E-state index is 6.31. The molecule has 4 aromatic heterocycles. The summed E-state index contributed by atoms with van der Waals surface area (Å²) in [6.45, 7) is 30.6. The Kier molecular flexibility index (Phi) is 14.9. The standard InChI is InChI=1S/C50H49B3N6OS/c1-11-16-27-39-33(7)59(50-55-41(15-5)43(60-50)31-51-8)44(52-9)40(39)29-34(12-2)32(6)28-36(14-4)49-54-42(45(53-10)61-49)30-35(13-3)46-56-47(37-23-19-17-20-24-37)58-48(57-46)38-25-21-18-22-26-38/h11-31,52H,1-2,5H2,3-4,6-10H3/b27-16-,32-28+,34-29+,35-13+,36-14+,42-30+. The summed E-state index contributed by atoms with van der Waals surface area (Å²) in [6, 6.07) is 20.5. The number of thiazole rings is 1. The Morgan fingerprint density at radius 2 is 1.51 bits per heavy atom. The molecule has 300 valence electrons. The topological polar surface area (TPSA) is 82.5 Å². The molecule has 61 heavy (non-hydrogen) atoms. The second-order valence-corrected chi connectivity index (χ2v) is 15.0. The number of hydrogen-bond donors (Lipinski definition) is 0. The molecule has 0 saturated carbocycles. The van der Waals surface area contributed by atoms with Gasteiger partial charge in [-0.1, -0.05) is 0 Å². The quantitative estimate of drug-likeness (QED) is 0.0759. The van der Waals surface area contributed by atoms with Crippen LogP contribution >= 0.6 is 11.3 Å². The molecule has 0 aliphatic carbocycles. The Bertz CT molecular complexity index is 2850. The molecule has 0 amide bonds. The number of hydrogen-bond acceptors (Lipinski definition) is 7. The summed E-state index contributed by atoms with van der Waals surface area (Å²) in [5.74, 6) is 4.38. The molecule has 0 unspecified atom stereocenters. The van der Waals surface area contributed by atoms with Crippen LogP contribution in [-0.2, 0) is 0 Å². The van der Waals surface area contributed by atoms with E-state index in [0.29, 0.717) is 34.9 Å². The Balaban J connectivity index is 1.42. The first-order valence-corrected chi connectivity index (χ1v) is 21.2. The van der Waals surface area contributed by atoms with Crippen molar-refractivity contribution in [3.8, 4) is 28.8 Å². The zero-order valence-corrected chi connectivity index (χ0v) is 36.9. The molecule has 4 heterocycles. The first-order valence-electron chi connectivity index (χ1n) is 20.4. The van der Waals surface area contributed by atoms with E-state index in [-0.39, 0.29) is 0 Å². The second kappa shape index (κ2) is 20.6. The van der Waals surface area contributed by atoms with Crippen LogP contribution in [0.3, 0.4) is 0 Å². The van der Waals surface area contributed by atoms with Gasteiger partial charge >= 0.3 is 367 Å². The number of rotatable bonds is 15.